The number of carboxylic acid groups (broad SMARTS) is 1. The van der Waals surface area contributed by atoms with Gasteiger partial charge in [-0.1, -0.05) is 11.6 Å². The first-order valence-electron chi connectivity index (χ1n) is 7.04. The van der Waals surface area contributed by atoms with Crippen molar-refractivity contribution < 1.29 is 18.7 Å². The van der Waals surface area contributed by atoms with Crippen molar-refractivity contribution in [2.45, 2.75) is 19.5 Å². The lowest BCUT2D eigenvalue weighted by Gasteiger charge is -2.12. The van der Waals surface area contributed by atoms with Gasteiger partial charge in [0.25, 0.3) is 0 Å². The minimum Gasteiger partial charge on any atom is -0.476 e. The largest absolute Gasteiger partial charge is 0.476 e. The highest BCUT2D eigenvalue weighted by atomic mass is 35.5. The van der Waals surface area contributed by atoms with Crippen LogP contribution in [-0.2, 0) is 13.1 Å². The maximum Gasteiger partial charge on any atom is 0.356 e. The van der Waals surface area contributed by atoms with Crippen LogP contribution in [0.15, 0.2) is 12.1 Å². The Hall–Kier alpha value is -1.99. The Morgan fingerprint density at radius 1 is 1.30 bits per heavy atom. The fourth-order valence-electron chi connectivity index (χ4n) is 2.79. The second-order valence-electron chi connectivity index (χ2n) is 5.53. The number of carbonyl (C=O) groups is 1. The number of carboxylic acids is 1. The molecule has 0 radical (unpaired) electrons. The molecule has 0 unspecified atom stereocenters. The molecule has 8 heteroatoms. The summed E-state index contributed by atoms with van der Waals surface area (Å²) < 4.78 is 29.2. The Bertz CT molecular complexity index is 792. The van der Waals surface area contributed by atoms with Crippen LogP contribution in [0.5, 0.6) is 0 Å². The zero-order valence-corrected chi connectivity index (χ0v) is 13.1. The Balaban J connectivity index is 2.23. The number of nitrogens with zero attached hydrogens (tertiary/aromatic N) is 3. The molecular weight excluding hydrogens is 328 g/mol. The molecule has 2 aromatic rings. The molecule has 1 aromatic carbocycles. The quantitative estimate of drug-likeness (QED) is 0.853. The molecular formula is C15H14ClF2N3O2. The van der Waals surface area contributed by atoms with Gasteiger partial charge in [-0.2, -0.15) is 0 Å². The molecule has 122 valence electrons. The van der Waals surface area contributed by atoms with Crippen molar-refractivity contribution in [1.82, 2.24) is 14.5 Å². The lowest BCUT2D eigenvalue weighted by atomic mass is 10.2. The van der Waals surface area contributed by atoms with Gasteiger partial charge in [0.15, 0.2) is 5.69 Å². The summed E-state index contributed by atoms with van der Waals surface area (Å²) in [5, 5.41) is 9.14. The number of benzene rings is 1. The second kappa shape index (κ2) is 5.90. The number of aromatic nitrogens is 2. The number of rotatable bonds is 2. The van der Waals surface area contributed by atoms with Crippen LogP contribution in [0.4, 0.5) is 8.78 Å². The molecule has 1 aliphatic heterocycles. The summed E-state index contributed by atoms with van der Waals surface area (Å²) in [7, 11) is 1.88. The third-order valence-electron chi connectivity index (χ3n) is 3.87. The fourth-order valence-corrected chi connectivity index (χ4v) is 2.96. The van der Waals surface area contributed by atoms with Crippen LogP contribution >= 0.6 is 11.6 Å². The van der Waals surface area contributed by atoms with Crippen LogP contribution in [0, 0.1) is 11.6 Å². The molecule has 2 heterocycles. The molecule has 3 rings (SSSR count). The van der Waals surface area contributed by atoms with Crippen LogP contribution in [0.3, 0.4) is 0 Å². The van der Waals surface area contributed by atoms with Gasteiger partial charge < -0.3 is 14.6 Å². The van der Waals surface area contributed by atoms with Crippen molar-refractivity contribution >= 4 is 17.6 Å². The third-order valence-corrected chi connectivity index (χ3v) is 4.16. The lowest BCUT2D eigenvalue weighted by molar-refractivity contribution is 0.0688. The van der Waals surface area contributed by atoms with E-state index in [1.165, 1.54) is 0 Å². The highest BCUT2D eigenvalue weighted by Gasteiger charge is 2.27. The van der Waals surface area contributed by atoms with Gasteiger partial charge in [-0.05, 0) is 26.1 Å². The maximum atomic E-state index is 14.2. The molecule has 0 atom stereocenters. The van der Waals surface area contributed by atoms with Crippen LogP contribution in [0.2, 0.25) is 5.02 Å². The van der Waals surface area contributed by atoms with Gasteiger partial charge in [0.2, 0.25) is 0 Å². The molecule has 0 saturated heterocycles. The molecule has 23 heavy (non-hydrogen) atoms. The predicted octanol–water partition coefficient (Wildman–Crippen LogP) is 3.02. The number of hydrogen-bond acceptors (Lipinski definition) is 3. The van der Waals surface area contributed by atoms with E-state index in [-0.39, 0.29) is 22.1 Å². The van der Waals surface area contributed by atoms with Crippen LogP contribution in [0.25, 0.3) is 11.4 Å². The van der Waals surface area contributed by atoms with Gasteiger partial charge in [-0.25, -0.2) is 18.6 Å². The highest BCUT2D eigenvalue weighted by molar-refractivity contribution is 6.31. The van der Waals surface area contributed by atoms with Crippen molar-refractivity contribution in [3.63, 3.8) is 0 Å². The number of hydrogen-bond donors (Lipinski definition) is 1. The Morgan fingerprint density at radius 3 is 2.74 bits per heavy atom. The average Bonchev–Trinajstić information content (AvgIpc) is 2.70. The van der Waals surface area contributed by atoms with Crippen molar-refractivity contribution in [3.8, 4) is 11.4 Å². The van der Waals surface area contributed by atoms with Gasteiger partial charge in [-0.15, -0.1) is 0 Å². The van der Waals surface area contributed by atoms with E-state index >= 15 is 0 Å². The number of imidazole rings is 1. The Labute approximate surface area is 136 Å². The molecule has 1 N–H and O–H groups in total. The SMILES string of the molecule is CN1CCCn2c(-c3cc(Cl)c(F)cc3F)nc(C(=O)O)c2C1. The van der Waals surface area contributed by atoms with E-state index in [0.29, 0.717) is 24.8 Å². The molecule has 0 aliphatic carbocycles. The summed E-state index contributed by atoms with van der Waals surface area (Å²) in [6.45, 7) is 1.68. The summed E-state index contributed by atoms with van der Waals surface area (Å²) >= 11 is 5.74. The molecule has 1 aliphatic rings. The number of aromatic carboxylic acids is 1. The molecule has 0 spiro atoms. The summed E-state index contributed by atoms with van der Waals surface area (Å²) in [5.74, 6) is -2.71. The standard InChI is InChI=1S/C15H14ClF2N3O2/c1-20-3-2-4-21-12(7-20)13(15(22)23)19-14(21)8-5-9(16)11(18)6-10(8)17/h5-6H,2-4,7H2,1H3,(H,22,23). The summed E-state index contributed by atoms with van der Waals surface area (Å²) in [6.07, 6.45) is 0.766. The maximum absolute atomic E-state index is 14.2. The van der Waals surface area contributed by atoms with Gasteiger partial charge in [0.1, 0.15) is 17.5 Å². The smallest absolute Gasteiger partial charge is 0.356 e. The second-order valence-corrected chi connectivity index (χ2v) is 5.93. The van der Waals surface area contributed by atoms with Crippen molar-refractivity contribution in [2.75, 3.05) is 13.6 Å². The Kier molecular flexibility index (Phi) is 4.08. The van der Waals surface area contributed by atoms with Crippen LogP contribution in [-0.4, -0.2) is 39.1 Å². The lowest BCUT2D eigenvalue weighted by Crippen LogP contribution is -2.18. The van der Waals surface area contributed by atoms with E-state index in [1.807, 2.05) is 11.9 Å². The van der Waals surface area contributed by atoms with Crippen molar-refractivity contribution in [2.24, 2.45) is 0 Å². The molecule has 0 saturated carbocycles. The van der Waals surface area contributed by atoms with Gasteiger partial charge >= 0.3 is 5.97 Å². The third kappa shape index (κ3) is 2.82. The van der Waals surface area contributed by atoms with E-state index < -0.39 is 17.6 Å². The van der Waals surface area contributed by atoms with Gasteiger partial charge in [0, 0.05) is 19.2 Å². The fraction of sp³-hybridized carbons (Fsp3) is 0.333. The summed E-state index contributed by atoms with van der Waals surface area (Å²) in [5.41, 5.74) is 0.385. The van der Waals surface area contributed by atoms with E-state index in [2.05, 4.69) is 4.98 Å². The zero-order valence-electron chi connectivity index (χ0n) is 12.3. The van der Waals surface area contributed by atoms with Gasteiger partial charge in [-0.3, -0.25) is 0 Å². The topological polar surface area (TPSA) is 58.4 Å². The summed E-state index contributed by atoms with van der Waals surface area (Å²) in [4.78, 5) is 17.5. The number of halogens is 3. The minimum atomic E-state index is -1.18. The van der Waals surface area contributed by atoms with E-state index in [4.69, 9.17) is 11.6 Å². The van der Waals surface area contributed by atoms with E-state index in [9.17, 15) is 18.7 Å². The first-order valence-corrected chi connectivity index (χ1v) is 7.42. The van der Waals surface area contributed by atoms with Crippen LogP contribution < -0.4 is 0 Å². The predicted molar refractivity (Wildman–Crippen MR) is 80.5 cm³/mol. The van der Waals surface area contributed by atoms with Crippen LogP contribution in [0.1, 0.15) is 22.6 Å². The van der Waals surface area contributed by atoms with Crippen molar-refractivity contribution in [1.29, 1.82) is 0 Å². The highest BCUT2D eigenvalue weighted by Crippen LogP contribution is 2.31. The van der Waals surface area contributed by atoms with E-state index in [0.717, 1.165) is 19.0 Å². The zero-order chi connectivity index (χ0) is 16.7. The van der Waals surface area contributed by atoms with E-state index in [1.54, 1.807) is 4.57 Å². The monoisotopic (exact) mass is 341 g/mol. The Morgan fingerprint density at radius 2 is 2.04 bits per heavy atom. The molecule has 0 bridgehead atoms. The molecule has 1 aromatic heterocycles. The average molecular weight is 342 g/mol. The molecule has 5 nitrogen and oxygen atoms in total. The molecule has 0 amide bonds. The number of fused-ring (bicyclic) bond motifs is 1. The van der Waals surface area contributed by atoms with Gasteiger partial charge in [0.05, 0.1) is 16.3 Å². The minimum absolute atomic E-state index is 0.00490. The normalized spacial score (nSPS) is 15.3. The summed E-state index contributed by atoms with van der Waals surface area (Å²) in [6, 6.07) is 1.82. The first-order chi connectivity index (χ1) is 10.9. The van der Waals surface area contributed by atoms with Crippen molar-refractivity contribution in [3.05, 3.63) is 40.2 Å². The first kappa shape index (κ1) is 15.9. The molecule has 0 fully saturated rings.